The quantitative estimate of drug-likeness (QED) is 0.179. The van der Waals surface area contributed by atoms with Crippen molar-refractivity contribution in [2.75, 3.05) is 0 Å². The molecule has 1 heteroatoms. The molecule has 0 bridgehead atoms. The molecule has 1 unspecified atom stereocenters. The number of para-hydroxylation sites is 1. The first-order valence-electron chi connectivity index (χ1n) is 17.9. The Kier molecular flexibility index (Phi) is 6.15. The van der Waals surface area contributed by atoms with Crippen LogP contribution in [0.3, 0.4) is 0 Å². The van der Waals surface area contributed by atoms with Crippen LogP contribution in [0, 0.1) is 0 Å². The average molecular weight is 648 g/mol. The zero-order chi connectivity index (χ0) is 33.5. The largest absolute Gasteiger partial charge is 0.309 e. The third-order valence-electron chi connectivity index (χ3n) is 11.3. The highest BCUT2D eigenvalue weighted by Gasteiger charge is 2.30. The fourth-order valence-electron chi connectivity index (χ4n) is 9.04. The molecule has 0 saturated carbocycles. The molecule has 2 aliphatic rings. The van der Waals surface area contributed by atoms with Crippen LogP contribution in [0.4, 0.5) is 0 Å². The Morgan fingerprint density at radius 2 is 1.04 bits per heavy atom. The van der Waals surface area contributed by atoms with Crippen LogP contribution in [-0.4, -0.2) is 4.57 Å². The summed E-state index contributed by atoms with van der Waals surface area (Å²) in [6.45, 7) is 0. The number of nitrogens with zero attached hydrogens (tertiary/aromatic N) is 1. The monoisotopic (exact) mass is 647 g/mol. The SMILES string of the molecule is c1ccc(C2c3ccccc3-c3ccc(-c4ccc5c6ccccc6n(-c6ccc(-c7cccc8c7-c7ccccc7C8)cc6)c5c4)cc32)cc1. The molecular weight excluding hydrogens is 615 g/mol. The Balaban J connectivity index is 1.04. The Bertz CT molecular complexity index is 2820. The van der Waals surface area contributed by atoms with E-state index in [9.17, 15) is 0 Å². The second-order valence-corrected chi connectivity index (χ2v) is 14.0. The number of fused-ring (bicyclic) bond motifs is 9. The van der Waals surface area contributed by atoms with Gasteiger partial charge in [-0.15, -0.1) is 0 Å². The summed E-state index contributed by atoms with van der Waals surface area (Å²) in [7, 11) is 0. The smallest absolute Gasteiger partial charge is 0.0547 e. The van der Waals surface area contributed by atoms with Crippen LogP contribution in [0.1, 0.15) is 33.7 Å². The van der Waals surface area contributed by atoms with E-state index in [-0.39, 0.29) is 5.92 Å². The normalized spacial score (nSPS) is 14.0. The van der Waals surface area contributed by atoms with Crippen molar-refractivity contribution in [1.29, 1.82) is 0 Å². The Morgan fingerprint density at radius 3 is 1.94 bits per heavy atom. The average Bonchev–Trinajstić information content (AvgIpc) is 3.85. The first-order chi connectivity index (χ1) is 25.3. The van der Waals surface area contributed by atoms with E-state index < -0.39 is 0 Å². The zero-order valence-corrected chi connectivity index (χ0v) is 28.1. The molecule has 0 fully saturated rings. The summed E-state index contributed by atoms with van der Waals surface area (Å²) in [6.07, 6.45) is 1.01. The van der Waals surface area contributed by atoms with E-state index in [1.165, 1.54) is 99.8 Å². The molecule has 0 radical (unpaired) electrons. The maximum absolute atomic E-state index is 2.44. The van der Waals surface area contributed by atoms with Gasteiger partial charge >= 0.3 is 0 Å². The van der Waals surface area contributed by atoms with Crippen LogP contribution in [0.2, 0.25) is 0 Å². The molecule has 11 rings (SSSR count). The molecule has 1 nitrogen and oxygen atoms in total. The van der Waals surface area contributed by atoms with E-state index in [1.807, 2.05) is 0 Å². The lowest BCUT2D eigenvalue weighted by molar-refractivity contribution is 1.02. The molecular formula is C50H33N. The van der Waals surface area contributed by atoms with Crippen LogP contribution in [0.25, 0.3) is 72.0 Å². The Labute approximate surface area is 297 Å². The van der Waals surface area contributed by atoms with E-state index in [2.05, 4.69) is 187 Å². The van der Waals surface area contributed by atoms with Crippen molar-refractivity contribution in [3.05, 3.63) is 210 Å². The summed E-state index contributed by atoms with van der Waals surface area (Å²) >= 11 is 0. The van der Waals surface area contributed by atoms with Gasteiger partial charge in [-0.3, -0.25) is 0 Å². The molecule has 9 aromatic rings. The fraction of sp³-hybridized carbons (Fsp3) is 0.0400. The van der Waals surface area contributed by atoms with Crippen LogP contribution < -0.4 is 0 Å². The number of rotatable bonds is 4. The van der Waals surface area contributed by atoms with Crippen molar-refractivity contribution < 1.29 is 0 Å². The molecule has 0 spiro atoms. The lowest BCUT2D eigenvalue weighted by Crippen LogP contribution is -1.99. The highest BCUT2D eigenvalue weighted by molar-refractivity contribution is 6.10. The first kappa shape index (κ1) is 28.4. The fourth-order valence-corrected chi connectivity index (χ4v) is 9.04. The summed E-state index contributed by atoms with van der Waals surface area (Å²) in [5.41, 5.74) is 21.0. The van der Waals surface area contributed by atoms with Gasteiger partial charge in [0.05, 0.1) is 11.0 Å². The number of hydrogen-bond acceptors (Lipinski definition) is 0. The minimum Gasteiger partial charge on any atom is -0.309 e. The van der Waals surface area contributed by atoms with Gasteiger partial charge in [0, 0.05) is 22.4 Å². The molecule has 1 atom stereocenters. The van der Waals surface area contributed by atoms with Gasteiger partial charge in [0.15, 0.2) is 0 Å². The minimum atomic E-state index is 0.227. The standard InChI is InChI=1S/C50H33N/c1-2-11-33(12-3-1)49-45-18-7-6-16-41(45)42-27-23-34(30-46(42)49)35-24-28-44-43-17-8-9-20-47(43)51(48(44)31-35)38-25-21-32(22-26-38)39-19-10-14-37-29-36-13-4-5-15-40(36)50(37)39/h1-28,30-31,49H,29H2. The highest BCUT2D eigenvalue weighted by Crippen LogP contribution is 2.49. The molecule has 0 aliphatic heterocycles. The third kappa shape index (κ3) is 4.28. The van der Waals surface area contributed by atoms with Gasteiger partial charge < -0.3 is 4.57 Å². The molecule has 1 heterocycles. The topological polar surface area (TPSA) is 4.93 Å². The van der Waals surface area contributed by atoms with E-state index in [0.717, 1.165) is 6.42 Å². The van der Waals surface area contributed by atoms with Gasteiger partial charge in [-0.2, -0.15) is 0 Å². The molecule has 0 N–H and O–H groups in total. The Hall–Kier alpha value is -6.44. The van der Waals surface area contributed by atoms with Gasteiger partial charge in [0.2, 0.25) is 0 Å². The molecule has 0 amide bonds. The molecule has 238 valence electrons. The summed E-state index contributed by atoms with van der Waals surface area (Å²) in [5, 5.41) is 2.54. The van der Waals surface area contributed by atoms with Crippen molar-refractivity contribution in [2.45, 2.75) is 12.3 Å². The number of aromatic nitrogens is 1. The van der Waals surface area contributed by atoms with Crippen LogP contribution in [0.15, 0.2) is 182 Å². The number of benzene rings is 8. The van der Waals surface area contributed by atoms with Crippen molar-refractivity contribution in [3.8, 4) is 50.2 Å². The molecule has 2 aliphatic carbocycles. The zero-order valence-electron chi connectivity index (χ0n) is 28.1. The Morgan fingerprint density at radius 1 is 0.392 bits per heavy atom. The van der Waals surface area contributed by atoms with Gasteiger partial charge in [-0.25, -0.2) is 0 Å². The lowest BCUT2D eigenvalue weighted by Gasteiger charge is -2.15. The predicted molar refractivity (Wildman–Crippen MR) is 213 cm³/mol. The van der Waals surface area contributed by atoms with E-state index in [4.69, 9.17) is 0 Å². The van der Waals surface area contributed by atoms with Gasteiger partial charge in [-0.1, -0.05) is 152 Å². The minimum absolute atomic E-state index is 0.227. The van der Waals surface area contributed by atoms with E-state index >= 15 is 0 Å². The second-order valence-electron chi connectivity index (χ2n) is 14.0. The van der Waals surface area contributed by atoms with Crippen LogP contribution in [-0.2, 0) is 6.42 Å². The van der Waals surface area contributed by atoms with Crippen molar-refractivity contribution in [2.24, 2.45) is 0 Å². The molecule has 1 aromatic heterocycles. The van der Waals surface area contributed by atoms with Gasteiger partial charge in [-0.05, 0) is 109 Å². The van der Waals surface area contributed by atoms with E-state index in [0.29, 0.717) is 0 Å². The summed E-state index contributed by atoms with van der Waals surface area (Å²) in [5.74, 6) is 0.227. The third-order valence-corrected chi connectivity index (χ3v) is 11.3. The van der Waals surface area contributed by atoms with Gasteiger partial charge in [0.1, 0.15) is 0 Å². The van der Waals surface area contributed by atoms with E-state index in [1.54, 1.807) is 0 Å². The van der Waals surface area contributed by atoms with Crippen LogP contribution >= 0.6 is 0 Å². The number of hydrogen-bond donors (Lipinski definition) is 0. The van der Waals surface area contributed by atoms with Gasteiger partial charge in [0.25, 0.3) is 0 Å². The highest BCUT2D eigenvalue weighted by atomic mass is 15.0. The molecule has 8 aromatic carbocycles. The first-order valence-corrected chi connectivity index (χ1v) is 17.9. The molecule has 0 saturated heterocycles. The van der Waals surface area contributed by atoms with Crippen molar-refractivity contribution in [3.63, 3.8) is 0 Å². The summed E-state index contributed by atoms with van der Waals surface area (Å²) in [4.78, 5) is 0. The maximum atomic E-state index is 2.44. The summed E-state index contributed by atoms with van der Waals surface area (Å²) in [6, 6.07) is 67.6. The predicted octanol–water partition coefficient (Wildman–Crippen LogP) is 12.8. The van der Waals surface area contributed by atoms with Crippen LogP contribution in [0.5, 0.6) is 0 Å². The maximum Gasteiger partial charge on any atom is 0.0547 e. The second kappa shape index (κ2) is 11.0. The lowest BCUT2D eigenvalue weighted by atomic mass is 9.88. The van der Waals surface area contributed by atoms with Crippen molar-refractivity contribution in [1.82, 2.24) is 4.57 Å². The van der Waals surface area contributed by atoms with Crippen molar-refractivity contribution >= 4 is 21.8 Å². The summed E-state index contributed by atoms with van der Waals surface area (Å²) < 4.78 is 2.44. The molecule has 51 heavy (non-hydrogen) atoms.